The number of hydrogen-bond acceptors (Lipinski definition) is 4. The first-order chi connectivity index (χ1) is 9.98. The number of aromatic nitrogens is 4. The van der Waals surface area contributed by atoms with Gasteiger partial charge >= 0.3 is 0 Å². The zero-order chi connectivity index (χ0) is 16.8. The molecule has 0 saturated carbocycles. The van der Waals surface area contributed by atoms with Gasteiger partial charge in [-0.2, -0.15) is 10.2 Å². The van der Waals surface area contributed by atoms with Gasteiger partial charge in [-0.1, -0.05) is 41.5 Å². The zero-order valence-electron chi connectivity index (χ0n) is 15.2. The molecule has 0 fully saturated rings. The lowest BCUT2D eigenvalue weighted by Crippen LogP contribution is -2.45. The van der Waals surface area contributed by atoms with Gasteiger partial charge in [0.1, 0.15) is 5.54 Å². The second-order valence-corrected chi connectivity index (χ2v) is 8.01. The highest BCUT2D eigenvalue weighted by Gasteiger charge is 2.34. The van der Waals surface area contributed by atoms with Crippen molar-refractivity contribution in [3.63, 3.8) is 0 Å². The van der Waals surface area contributed by atoms with Crippen molar-refractivity contribution in [3.8, 4) is 0 Å². The topological polar surface area (TPSA) is 109 Å². The number of halogens is 2. The molecule has 138 valence electrons. The van der Waals surface area contributed by atoms with Crippen molar-refractivity contribution in [3.05, 3.63) is 34.9 Å². The number of nitrogens with zero attached hydrogens (tertiary/aromatic N) is 2. The number of nitrogens with one attached hydrogen (secondary N) is 2. The molecule has 0 atom stereocenters. The summed E-state index contributed by atoms with van der Waals surface area (Å²) in [6.07, 6.45) is 0. The van der Waals surface area contributed by atoms with Crippen LogP contribution < -0.4 is 11.5 Å². The SMILES string of the molecule is CC(C)(C)c1cc(C(N)(CN)c2cc(C(C)(C)C)n[nH]2)[nH]n1.Cl.Cl. The van der Waals surface area contributed by atoms with Gasteiger partial charge in [-0.05, 0) is 12.1 Å². The van der Waals surface area contributed by atoms with Gasteiger partial charge in [0, 0.05) is 17.4 Å². The van der Waals surface area contributed by atoms with E-state index >= 15 is 0 Å². The predicted molar refractivity (Wildman–Crippen MR) is 103 cm³/mol. The number of hydrogen-bond donors (Lipinski definition) is 4. The fourth-order valence-corrected chi connectivity index (χ4v) is 2.23. The van der Waals surface area contributed by atoms with Crippen LogP contribution in [-0.4, -0.2) is 26.9 Å². The maximum atomic E-state index is 6.59. The molecule has 2 aromatic rings. The predicted octanol–water partition coefficient (Wildman–Crippen LogP) is 2.73. The standard InChI is InChI=1S/C16H28N6.2ClH/c1-14(2,3)10-7-12(21-19-10)16(18,9-17)13-8-11(20-22-13)15(4,5)6;;/h7-8H,9,17-18H2,1-6H3,(H,19,21)(H,20,22);2*1H. The van der Waals surface area contributed by atoms with E-state index in [-0.39, 0.29) is 42.2 Å². The van der Waals surface area contributed by atoms with Crippen LogP contribution in [0.25, 0.3) is 0 Å². The van der Waals surface area contributed by atoms with Gasteiger partial charge < -0.3 is 11.5 Å². The molecule has 0 aliphatic heterocycles. The first kappa shape index (κ1) is 22.9. The third kappa shape index (κ3) is 4.30. The van der Waals surface area contributed by atoms with Crippen LogP contribution in [0.2, 0.25) is 0 Å². The summed E-state index contributed by atoms with van der Waals surface area (Å²) >= 11 is 0. The summed E-state index contributed by atoms with van der Waals surface area (Å²) in [6.45, 7) is 12.9. The largest absolute Gasteiger partial charge is 0.328 e. The Morgan fingerprint density at radius 3 is 1.38 bits per heavy atom. The lowest BCUT2D eigenvalue weighted by Gasteiger charge is -2.25. The van der Waals surface area contributed by atoms with Gasteiger partial charge in [-0.15, -0.1) is 24.8 Å². The minimum absolute atomic E-state index is 0. The Morgan fingerprint density at radius 2 is 1.17 bits per heavy atom. The van der Waals surface area contributed by atoms with Gasteiger partial charge in [0.15, 0.2) is 0 Å². The molecule has 2 heterocycles. The lowest BCUT2D eigenvalue weighted by atomic mass is 9.86. The van der Waals surface area contributed by atoms with Crippen LogP contribution in [0.4, 0.5) is 0 Å². The highest BCUT2D eigenvalue weighted by molar-refractivity contribution is 5.85. The van der Waals surface area contributed by atoms with E-state index in [1.165, 1.54) is 0 Å². The second kappa shape index (κ2) is 7.44. The van der Waals surface area contributed by atoms with Gasteiger partial charge in [-0.25, -0.2) is 0 Å². The third-order valence-corrected chi connectivity index (χ3v) is 3.98. The van der Waals surface area contributed by atoms with Crippen LogP contribution in [-0.2, 0) is 16.4 Å². The molecule has 0 aliphatic carbocycles. The molecular weight excluding hydrogens is 347 g/mol. The van der Waals surface area contributed by atoms with Crippen molar-refractivity contribution in [2.75, 3.05) is 6.54 Å². The molecule has 0 aromatic carbocycles. The fraction of sp³-hybridized carbons (Fsp3) is 0.625. The Kier molecular flexibility index (Phi) is 7.10. The normalized spacial score (nSPS) is 12.5. The average Bonchev–Trinajstić information content (AvgIpc) is 3.05. The van der Waals surface area contributed by atoms with E-state index in [1.807, 2.05) is 12.1 Å². The lowest BCUT2D eigenvalue weighted by molar-refractivity contribution is 0.515. The molecule has 6 nitrogen and oxygen atoms in total. The number of nitrogens with two attached hydrogens (primary N) is 2. The Bertz CT molecular complexity index is 596. The van der Waals surface area contributed by atoms with Crippen LogP contribution in [0.3, 0.4) is 0 Å². The summed E-state index contributed by atoms with van der Waals surface area (Å²) in [5.74, 6) is 0. The highest BCUT2D eigenvalue weighted by atomic mass is 35.5. The molecule has 8 heteroatoms. The maximum absolute atomic E-state index is 6.59. The molecule has 0 aliphatic rings. The zero-order valence-corrected chi connectivity index (χ0v) is 16.9. The van der Waals surface area contributed by atoms with E-state index in [0.29, 0.717) is 0 Å². The van der Waals surface area contributed by atoms with Crippen LogP contribution in [0, 0.1) is 0 Å². The summed E-state index contributed by atoms with van der Waals surface area (Å²) in [6, 6.07) is 3.98. The molecule has 0 saturated heterocycles. The average molecular weight is 377 g/mol. The molecule has 0 unspecified atom stereocenters. The third-order valence-electron chi connectivity index (χ3n) is 3.98. The minimum Gasteiger partial charge on any atom is -0.328 e. The van der Waals surface area contributed by atoms with Crippen molar-refractivity contribution < 1.29 is 0 Å². The molecule has 0 bridgehead atoms. The Hall–Kier alpha value is -1.08. The number of rotatable bonds is 3. The molecule has 6 N–H and O–H groups in total. The summed E-state index contributed by atoms with van der Waals surface area (Å²) in [5.41, 5.74) is 15.1. The summed E-state index contributed by atoms with van der Waals surface area (Å²) in [5, 5.41) is 14.9. The second-order valence-electron chi connectivity index (χ2n) is 8.01. The molecular formula is C16H30Cl2N6. The minimum atomic E-state index is -0.854. The van der Waals surface area contributed by atoms with Crippen molar-refractivity contribution in [2.24, 2.45) is 11.5 Å². The van der Waals surface area contributed by atoms with Gasteiger partial charge in [0.2, 0.25) is 0 Å². The van der Waals surface area contributed by atoms with E-state index in [2.05, 4.69) is 61.9 Å². The molecule has 0 amide bonds. The van der Waals surface area contributed by atoms with E-state index in [4.69, 9.17) is 11.5 Å². The quantitative estimate of drug-likeness (QED) is 0.659. The summed E-state index contributed by atoms with van der Waals surface area (Å²) in [4.78, 5) is 0. The van der Waals surface area contributed by atoms with E-state index in [1.54, 1.807) is 0 Å². The number of aromatic amines is 2. The van der Waals surface area contributed by atoms with Crippen molar-refractivity contribution in [1.29, 1.82) is 0 Å². The first-order valence-electron chi connectivity index (χ1n) is 7.60. The monoisotopic (exact) mass is 376 g/mol. The Labute approximate surface area is 156 Å². The van der Waals surface area contributed by atoms with Crippen LogP contribution in [0.1, 0.15) is 64.3 Å². The van der Waals surface area contributed by atoms with Gasteiger partial charge in [-0.3, -0.25) is 10.2 Å². The molecule has 2 aromatic heterocycles. The molecule has 24 heavy (non-hydrogen) atoms. The van der Waals surface area contributed by atoms with Gasteiger partial charge in [0.05, 0.1) is 22.8 Å². The van der Waals surface area contributed by atoms with Gasteiger partial charge in [0.25, 0.3) is 0 Å². The summed E-state index contributed by atoms with van der Waals surface area (Å²) < 4.78 is 0. The molecule has 2 rings (SSSR count). The Balaban J connectivity index is 0.00000264. The first-order valence-corrected chi connectivity index (χ1v) is 7.60. The maximum Gasteiger partial charge on any atom is 0.112 e. The van der Waals surface area contributed by atoms with Crippen molar-refractivity contribution in [2.45, 2.75) is 57.9 Å². The molecule has 0 radical (unpaired) electrons. The Morgan fingerprint density at radius 1 is 0.833 bits per heavy atom. The van der Waals surface area contributed by atoms with E-state index < -0.39 is 5.54 Å². The van der Waals surface area contributed by atoms with Crippen LogP contribution >= 0.6 is 24.8 Å². The summed E-state index contributed by atoms with van der Waals surface area (Å²) in [7, 11) is 0. The van der Waals surface area contributed by atoms with Crippen molar-refractivity contribution in [1.82, 2.24) is 20.4 Å². The van der Waals surface area contributed by atoms with E-state index in [9.17, 15) is 0 Å². The highest BCUT2D eigenvalue weighted by Crippen LogP contribution is 2.30. The number of H-pyrrole nitrogens is 2. The van der Waals surface area contributed by atoms with Crippen LogP contribution in [0.15, 0.2) is 12.1 Å². The van der Waals surface area contributed by atoms with Crippen molar-refractivity contribution >= 4 is 24.8 Å². The fourth-order valence-electron chi connectivity index (χ4n) is 2.23. The smallest absolute Gasteiger partial charge is 0.112 e. The van der Waals surface area contributed by atoms with E-state index in [0.717, 1.165) is 22.8 Å². The molecule has 0 spiro atoms. The van der Waals surface area contributed by atoms with Crippen LogP contribution in [0.5, 0.6) is 0 Å².